The van der Waals surface area contributed by atoms with E-state index in [0.717, 1.165) is 0 Å². The molecule has 32 heavy (non-hydrogen) atoms. The van der Waals surface area contributed by atoms with Crippen LogP contribution in [0.2, 0.25) is 0 Å². The molecule has 1 amide bonds. The Morgan fingerprint density at radius 2 is 1.97 bits per heavy atom. The highest BCUT2D eigenvalue weighted by molar-refractivity contribution is 5.93. The van der Waals surface area contributed by atoms with Gasteiger partial charge in [-0.15, -0.1) is 0 Å². The molecule has 1 aliphatic rings. The SMILES string of the molecule is C=CC(=O)N1CC[C@H](n2c(F)c(C#Cc3cc(OC)cc(OC)c3)c3c(N)ncnc32)C1. The first-order chi connectivity index (χ1) is 15.5. The molecule has 1 atom stereocenters. The van der Waals surface area contributed by atoms with Crippen molar-refractivity contribution in [3.8, 4) is 23.3 Å². The second-order valence-electron chi connectivity index (χ2n) is 7.28. The van der Waals surface area contributed by atoms with Gasteiger partial charge in [-0.1, -0.05) is 18.4 Å². The average molecular weight is 435 g/mol. The number of likely N-dealkylation sites (tertiary alicyclic amines) is 1. The van der Waals surface area contributed by atoms with E-state index in [-0.39, 0.29) is 23.3 Å². The van der Waals surface area contributed by atoms with Crippen LogP contribution in [0.5, 0.6) is 11.5 Å². The Morgan fingerprint density at radius 1 is 1.25 bits per heavy atom. The summed E-state index contributed by atoms with van der Waals surface area (Å²) >= 11 is 0. The molecule has 3 heterocycles. The number of benzene rings is 1. The Morgan fingerprint density at radius 3 is 2.62 bits per heavy atom. The van der Waals surface area contributed by atoms with E-state index in [0.29, 0.717) is 47.6 Å². The molecule has 9 heteroatoms. The van der Waals surface area contributed by atoms with Crippen molar-refractivity contribution in [3.05, 3.63) is 54.3 Å². The number of amides is 1. The van der Waals surface area contributed by atoms with Crippen LogP contribution in [0.25, 0.3) is 11.0 Å². The number of halogens is 1. The first-order valence-corrected chi connectivity index (χ1v) is 9.93. The molecular formula is C23H22FN5O3. The van der Waals surface area contributed by atoms with E-state index >= 15 is 4.39 Å². The monoisotopic (exact) mass is 435 g/mol. The Bertz CT molecular complexity index is 1250. The lowest BCUT2D eigenvalue weighted by molar-refractivity contribution is -0.125. The van der Waals surface area contributed by atoms with E-state index in [2.05, 4.69) is 28.4 Å². The predicted molar refractivity (Wildman–Crippen MR) is 118 cm³/mol. The van der Waals surface area contributed by atoms with Gasteiger partial charge >= 0.3 is 0 Å². The van der Waals surface area contributed by atoms with Crippen LogP contribution in [0, 0.1) is 17.8 Å². The third-order valence-corrected chi connectivity index (χ3v) is 5.45. The van der Waals surface area contributed by atoms with Crippen molar-refractivity contribution >= 4 is 22.8 Å². The molecule has 3 aromatic rings. The molecule has 0 spiro atoms. The highest BCUT2D eigenvalue weighted by Gasteiger charge is 2.31. The third kappa shape index (κ3) is 3.71. The van der Waals surface area contributed by atoms with Gasteiger partial charge in [-0.2, -0.15) is 4.39 Å². The van der Waals surface area contributed by atoms with Crippen molar-refractivity contribution in [1.29, 1.82) is 0 Å². The van der Waals surface area contributed by atoms with Crippen molar-refractivity contribution < 1.29 is 18.7 Å². The van der Waals surface area contributed by atoms with Gasteiger partial charge in [0.25, 0.3) is 0 Å². The molecule has 0 bridgehead atoms. The molecule has 0 unspecified atom stereocenters. The Hall–Kier alpha value is -4.06. The molecule has 1 saturated heterocycles. The number of aromatic nitrogens is 3. The fourth-order valence-electron chi connectivity index (χ4n) is 3.87. The standard InChI is InChI=1S/C23H22FN5O3/c1-4-19(30)28-8-7-15(12-28)29-21(24)18(20-22(25)26-13-27-23(20)29)6-5-14-9-16(31-2)11-17(10-14)32-3/h4,9-11,13,15H,1,7-8,12H2,2-3H3,(H2,25,26,27)/t15-/m0/s1. The normalized spacial score (nSPS) is 15.3. The zero-order valence-electron chi connectivity index (χ0n) is 17.8. The molecule has 164 valence electrons. The minimum atomic E-state index is -0.563. The molecule has 4 rings (SSSR count). The molecule has 1 fully saturated rings. The van der Waals surface area contributed by atoms with Gasteiger partial charge in [0.1, 0.15) is 29.3 Å². The van der Waals surface area contributed by atoms with Crippen LogP contribution in [0.1, 0.15) is 23.6 Å². The van der Waals surface area contributed by atoms with Crippen LogP contribution in [0.3, 0.4) is 0 Å². The molecule has 2 aromatic heterocycles. The van der Waals surface area contributed by atoms with Gasteiger partial charge in [-0.05, 0) is 24.6 Å². The molecule has 1 aliphatic heterocycles. The number of methoxy groups -OCH3 is 2. The minimum absolute atomic E-state index is 0.105. The highest BCUT2D eigenvalue weighted by atomic mass is 19.1. The number of nitrogens with two attached hydrogens (primary N) is 1. The predicted octanol–water partition coefficient (Wildman–Crippen LogP) is 2.53. The fraction of sp³-hybridized carbons (Fsp3) is 0.261. The van der Waals surface area contributed by atoms with Crippen molar-refractivity contribution in [2.75, 3.05) is 33.0 Å². The smallest absolute Gasteiger partial charge is 0.246 e. The number of carbonyl (C=O) groups excluding carboxylic acids is 1. The number of carbonyl (C=O) groups is 1. The minimum Gasteiger partial charge on any atom is -0.497 e. The zero-order valence-corrected chi connectivity index (χ0v) is 17.8. The lowest BCUT2D eigenvalue weighted by Crippen LogP contribution is -2.27. The van der Waals surface area contributed by atoms with E-state index in [4.69, 9.17) is 15.2 Å². The highest BCUT2D eigenvalue weighted by Crippen LogP contribution is 2.33. The summed E-state index contributed by atoms with van der Waals surface area (Å²) < 4.78 is 27.7. The van der Waals surface area contributed by atoms with E-state index in [9.17, 15) is 4.79 Å². The van der Waals surface area contributed by atoms with E-state index in [1.165, 1.54) is 17.0 Å². The number of fused-ring (bicyclic) bond motifs is 1. The maximum atomic E-state index is 15.7. The van der Waals surface area contributed by atoms with Crippen LogP contribution in [0.15, 0.2) is 37.2 Å². The summed E-state index contributed by atoms with van der Waals surface area (Å²) in [6, 6.07) is 4.87. The van der Waals surface area contributed by atoms with Gasteiger partial charge in [-0.3, -0.25) is 9.36 Å². The van der Waals surface area contributed by atoms with Crippen molar-refractivity contribution in [3.63, 3.8) is 0 Å². The van der Waals surface area contributed by atoms with Crippen molar-refractivity contribution in [1.82, 2.24) is 19.4 Å². The number of anilines is 1. The number of hydrogen-bond acceptors (Lipinski definition) is 6. The quantitative estimate of drug-likeness (QED) is 0.500. The number of hydrogen-bond donors (Lipinski definition) is 1. The summed E-state index contributed by atoms with van der Waals surface area (Å²) in [5.74, 6) is 6.37. The number of nitrogen functional groups attached to an aromatic ring is 1. The van der Waals surface area contributed by atoms with Crippen LogP contribution in [0.4, 0.5) is 10.2 Å². The lowest BCUT2D eigenvalue weighted by atomic mass is 10.1. The van der Waals surface area contributed by atoms with Crippen LogP contribution in [-0.4, -0.2) is 52.7 Å². The first kappa shape index (κ1) is 21.2. The van der Waals surface area contributed by atoms with Gasteiger partial charge in [0.05, 0.1) is 31.2 Å². The van der Waals surface area contributed by atoms with Gasteiger partial charge in [0, 0.05) is 24.7 Å². The first-order valence-electron chi connectivity index (χ1n) is 9.93. The van der Waals surface area contributed by atoms with Gasteiger partial charge in [0.2, 0.25) is 11.9 Å². The largest absolute Gasteiger partial charge is 0.497 e. The molecule has 0 aliphatic carbocycles. The second-order valence-corrected chi connectivity index (χ2v) is 7.28. The number of nitrogens with zero attached hydrogens (tertiary/aromatic N) is 4. The maximum absolute atomic E-state index is 15.7. The third-order valence-electron chi connectivity index (χ3n) is 5.45. The maximum Gasteiger partial charge on any atom is 0.246 e. The molecule has 0 radical (unpaired) electrons. The van der Waals surface area contributed by atoms with E-state index in [1.807, 2.05) is 0 Å². The van der Waals surface area contributed by atoms with Crippen LogP contribution in [-0.2, 0) is 4.79 Å². The summed E-state index contributed by atoms with van der Waals surface area (Å²) in [6.07, 6.45) is 3.12. The van der Waals surface area contributed by atoms with E-state index < -0.39 is 5.95 Å². The molecule has 2 N–H and O–H groups in total. The van der Waals surface area contributed by atoms with Gasteiger partial charge in [0.15, 0.2) is 0 Å². The second kappa shape index (κ2) is 8.59. The Labute approximate surface area is 184 Å². The summed E-state index contributed by atoms with van der Waals surface area (Å²) in [5, 5.41) is 0.348. The van der Waals surface area contributed by atoms with Crippen molar-refractivity contribution in [2.24, 2.45) is 0 Å². The summed E-state index contributed by atoms with van der Waals surface area (Å²) in [5.41, 5.74) is 7.11. The molecular weight excluding hydrogens is 413 g/mol. The number of rotatable bonds is 4. The van der Waals surface area contributed by atoms with E-state index in [1.54, 1.807) is 37.3 Å². The molecule has 8 nitrogen and oxygen atoms in total. The molecule has 1 aromatic carbocycles. The fourth-order valence-corrected chi connectivity index (χ4v) is 3.87. The van der Waals surface area contributed by atoms with Crippen molar-refractivity contribution in [2.45, 2.75) is 12.5 Å². The van der Waals surface area contributed by atoms with Gasteiger partial charge < -0.3 is 20.1 Å². The summed E-state index contributed by atoms with van der Waals surface area (Å²) in [7, 11) is 3.08. The summed E-state index contributed by atoms with van der Waals surface area (Å²) in [6.45, 7) is 4.36. The Balaban J connectivity index is 1.81. The summed E-state index contributed by atoms with van der Waals surface area (Å²) in [4.78, 5) is 21.9. The topological polar surface area (TPSA) is 95.5 Å². The van der Waals surface area contributed by atoms with Gasteiger partial charge in [-0.25, -0.2) is 9.97 Å². The lowest BCUT2D eigenvalue weighted by Gasteiger charge is -2.16. The Kier molecular flexibility index (Phi) is 5.69. The van der Waals surface area contributed by atoms with Crippen LogP contribution < -0.4 is 15.2 Å². The zero-order chi connectivity index (χ0) is 22.8. The van der Waals surface area contributed by atoms with Crippen LogP contribution >= 0.6 is 0 Å². The molecule has 0 saturated carbocycles. The number of ether oxygens (including phenoxy) is 2. The average Bonchev–Trinajstić information content (AvgIpc) is 3.39.